The third kappa shape index (κ3) is 2.62. The third-order valence-corrected chi connectivity index (χ3v) is 5.13. The van der Waals surface area contributed by atoms with Gasteiger partial charge < -0.3 is 9.64 Å². The number of cyclic esters (lactones) is 1. The van der Waals surface area contributed by atoms with Crippen molar-refractivity contribution in [3.05, 3.63) is 64.7 Å². The van der Waals surface area contributed by atoms with E-state index in [0.717, 1.165) is 24.1 Å². The number of nitrogens with zero attached hydrogens (tertiary/aromatic N) is 1. The van der Waals surface area contributed by atoms with E-state index in [1.807, 2.05) is 30.3 Å². The lowest BCUT2D eigenvalue weighted by Gasteiger charge is -2.39. The zero-order valence-electron chi connectivity index (χ0n) is 14.5. The predicted molar refractivity (Wildman–Crippen MR) is 95.8 cm³/mol. The van der Waals surface area contributed by atoms with Gasteiger partial charge in [0.2, 0.25) is 0 Å². The fourth-order valence-corrected chi connectivity index (χ4v) is 3.87. The number of rotatable bonds is 1. The summed E-state index contributed by atoms with van der Waals surface area (Å²) >= 11 is 0. The zero-order chi connectivity index (χ0) is 17.6. The molecule has 1 unspecified atom stereocenters. The SMILES string of the molecule is Cc1ccc2c(c1)CCCN2C(=O)C1(C)Cc2ccccc2C(=O)O1. The van der Waals surface area contributed by atoms with Gasteiger partial charge in [0.15, 0.2) is 5.60 Å². The van der Waals surface area contributed by atoms with Gasteiger partial charge in [-0.3, -0.25) is 4.79 Å². The number of carbonyl (C=O) groups excluding carboxylic acids is 2. The van der Waals surface area contributed by atoms with Gasteiger partial charge in [0.25, 0.3) is 5.91 Å². The van der Waals surface area contributed by atoms with Crippen LogP contribution in [-0.2, 0) is 22.4 Å². The fourth-order valence-electron chi connectivity index (χ4n) is 3.87. The number of esters is 1. The second-order valence-corrected chi connectivity index (χ2v) is 7.15. The largest absolute Gasteiger partial charge is 0.445 e. The van der Waals surface area contributed by atoms with Gasteiger partial charge >= 0.3 is 5.97 Å². The number of amides is 1. The Balaban J connectivity index is 1.70. The monoisotopic (exact) mass is 335 g/mol. The minimum Gasteiger partial charge on any atom is -0.445 e. The smallest absolute Gasteiger partial charge is 0.339 e. The summed E-state index contributed by atoms with van der Waals surface area (Å²) in [6, 6.07) is 13.5. The van der Waals surface area contributed by atoms with Gasteiger partial charge in [-0.05, 0) is 49.9 Å². The highest BCUT2D eigenvalue weighted by Crippen LogP contribution is 2.34. The van der Waals surface area contributed by atoms with Crippen molar-refractivity contribution < 1.29 is 14.3 Å². The topological polar surface area (TPSA) is 46.6 Å². The summed E-state index contributed by atoms with van der Waals surface area (Å²) in [7, 11) is 0. The first-order valence-electron chi connectivity index (χ1n) is 8.71. The molecule has 1 atom stereocenters. The van der Waals surface area contributed by atoms with Crippen LogP contribution in [0.4, 0.5) is 5.69 Å². The van der Waals surface area contributed by atoms with Crippen molar-refractivity contribution >= 4 is 17.6 Å². The van der Waals surface area contributed by atoms with Crippen LogP contribution in [0.3, 0.4) is 0 Å². The van der Waals surface area contributed by atoms with Crippen molar-refractivity contribution in [3.8, 4) is 0 Å². The average Bonchev–Trinajstić information content (AvgIpc) is 2.60. The molecule has 2 aromatic carbocycles. The van der Waals surface area contributed by atoms with Crippen LogP contribution >= 0.6 is 0 Å². The molecular formula is C21H21NO3. The highest BCUT2D eigenvalue weighted by molar-refractivity contribution is 6.04. The summed E-state index contributed by atoms with van der Waals surface area (Å²) in [5.41, 5.74) is 3.59. The zero-order valence-corrected chi connectivity index (χ0v) is 14.5. The maximum Gasteiger partial charge on any atom is 0.339 e. The van der Waals surface area contributed by atoms with Crippen LogP contribution in [0.1, 0.15) is 40.4 Å². The minimum atomic E-state index is -1.16. The highest BCUT2D eigenvalue weighted by Gasteiger charge is 2.45. The molecule has 0 spiro atoms. The summed E-state index contributed by atoms with van der Waals surface area (Å²) in [5, 5.41) is 0. The van der Waals surface area contributed by atoms with Crippen LogP contribution in [0, 0.1) is 6.92 Å². The molecule has 4 nitrogen and oxygen atoms in total. The van der Waals surface area contributed by atoms with E-state index in [1.54, 1.807) is 17.9 Å². The average molecular weight is 335 g/mol. The summed E-state index contributed by atoms with van der Waals surface area (Å²) < 4.78 is 5.62. The van der Waals surface area contributed by atoms with E-state index in [2.05, 4.69) is 13.0 Å². The van der Waals surface area contributed by atoms with Crippen LogP contribution in [0.2, 0.25) is 0 Å². The molecule has 0 aromatic heterocycles. The Morgan fingerprint density at radius 1 is 1.16 bits per heavy atom. The minimum absolute atomic E-state index is 0.139. The summed E-state index contributed by atoms with van der Waals surface area (Å²) in [6.45, 7) is 4.44. The Kier molecular flexibility index (Phi) is 3.64. The number of hydrogen-bond acceptors (Lipinski definition) is 3. The molecule has 0 bridgehead atoms. The standard InChI is InChI=1S/C21H21NO3/c1-14-9-10-18-15(12-14)7-5-11-22(18)20(24)21(2)13-16-6-3-4-8-17(16)19(23)25-21/h3-4,6,8-10,12H,5,7,11,13H2,1-2H3. The van der Waals surface area contributed by atoms with Gasteiger partial charge in [-0.2, -0.15) is 0 Å². The lowest BCUT2D eigenvalue weighted by atomic mass is 9.88. The van der Waals surface area contributed by atoms with E-state index in [9.17, 15) is 9.59 Å². The number of hydrogen-bond donors (Lipinski definition) is 0. The maximum atomic E-state index is 13.3. The Hall–Kier alpha value is -2.62. The molecule has 4 rings (SSSR count). The predicted octanol–water partition coefficient (Wildman–Crippen LogP) is 3.45. The number of aryl methyl sites for hydroxylation is 2. The molecule has 4 heteroatoms. The normalized spacial score (nSPS) is 22.0. The van der Waals surface area contributed by atoms with E-state index in [0.29, 0.717) is 18.5 Å². The van der Waals surface area contributed by atoms with Crippen LogP contribution < -0.4 is 4.90 Å². The molecule has 25 heavy (non-hydrogen) atoms. The second kappa shape index (κ2) is 5.73. The van der Waals surface area contributed by atoms with Gasteiger partial charge in [-0.25, -0.2) is 4.79 Å². The molecule has 0 radical (unpaired) electrons. The molecule has 128 valence electrons. The molecule has 0 aliphatic carbocycles. The van der Waals surface area contributed by atoms with E-state index in [4.69, 9.17) is 4.74 Å². The van der Waals surface area contributed by atoms with Crippen molar-refractivity contribution in [3.63, 3.8) is 0 Å². The molecule has 0 saturated carbocycles. The lowest BCUT2D eigenvalue weighted by molar-refractivity contribution is -0.137. The molecule has 1 amide bonds. The van der Waals surface area contributed by atoms with Gasteiger partial charge in [0, 0.05) is 18.7 Å². The third-order valence-electron chi connectivity index (χ3n) is 5.13. The molecule has 2 aliphatic heterocycles. The number of ether oxygens (including phenoxy) is 1. The van der Waals surface area contributed by atoms with Crippen molar-refractivity contribution in [2.45, 2.75) is 38.7 Å². The number of fused-ring (bicyclic) bond motifs is 2. The summed E-state index contributed by atoms with van der Waals surface area (Å²) in [5.74, 6) is -0.556. The first-order valence-corrected chi connectivity index (χ1v) is 8.71. The van der Waals surface area contributed by atoms with E-state index in [1.165, 1.54) is 11.1 Å². The van der Waals surface area contributed by atoms with Crippen molar-refractivity contribution in [1.29, 1.82) is 0 Å². The lowest BCUT2D eigenvalue weighted by Crippen LogP contribution is -2.54. The van der Waals surface area contributed by atoms with E-state index < -0.39 is 11.6 Å². The van der Waals surface area contributed by atoms with Crippen LogP contribution in [-0.4, -0.2) is 24.0 Å². The van der Waals surface area contributed by atoms with Crippen LogP contribution in [0.25, 0.3) is 0 Å². The second-order valence-electron chi connectivity index (χ2n) is 7.15. The van der Waals surface area contributed by atoms with Crippen molar-refractivity contribution in [2.24, 2.45) is 0 Å². The number of carbonyl (C=O) groups is 2. The van der Waals surface area contributed by atoms with Gasteiger partial charge in [0.05, 0.1) is 5.56 Å². The van der Waals surface area contributed by atoms with Gasteiger partial charge in [0.1, 0.15) is 0 Å². The Morgan fingerprint density at radius 3 is 2.80 bits per heavy atom. The molecular weight excluding hydrogens is 314 g/mol. The number of anilines is 1. The fraction of sp³-hybridized carbons (Fsp3) is 0.333. The molecule has 2 heterocycles. The summed E-state index contributed by atoms with van der Waals surface area (Å²) in [6.07, 6.45) is 2.30. The van der Waals surface area contributed by atoms with Gasteiger partial charge in [-0.1, -0.05) is 35.9 Å². The molecule has 0 saturated heterocycles. The van der Waals surface area contributed by atoms with Crippen LogP contribution in [0.5, 0.6) is 0 Å². The number of benzene rings is 2. The van der Waals surface area contributed by atoms with Crippen molar-refractivity contribution in [2.75, 3.05) is 11.4 Å². The van der Waals surface area contributed by atoms with Crippen LogP contribution in [0.15, 0.2) is 42.5 Å². The highest BCUT2D eigenvalue weighted by atomic mass is 16.6. The molecule has 2 aromatic rings. The van der Waals surface area contributed by atoms with Crippen molar-refractivity contribution in [1.82, 2.24) is 0 Å². The molecule has 0 fully saturated rings. The Morgan fingerprint density at radius 2 is 1.96 bits per heavy atom. The van der Waals surface area contributed by atoms with Gasteiger partial charge in [-0.15, -0.1) is 0 Å². The first kappa shape index (κ1) is 15.9. The quantitative estimate of drug-likeness (QED) is 0.750. The Bertz CT molecular complexity index is 873. The Labute approximate surface area is 147 Å². The first-order chi connectivity index (χ1) is 12.0. The van der Waals surface area contributed by atoms with E-state index >= 15 is 0 Å². The van der Waals surface area contributed by atoms with E-state index in [-0.39, 0.29) is 5.91 Å². The summed E-state index contributed by atoms with van der Waals surface area (Å²) in [4.78, 5) is 27.5. The molecule has 2 aliphatic rings. The maximum absolute atomic E-state index is 13.3. The molecule has 0 N–H and O–H groups in total.